The fourth-order valence-corrected chi connectivity index (χ4v) is 7.60. The third kappa shape index (κ3) is 3.56. The van der Waals surface area contributed by atoms with Gasteiger partial charge in [-0.2, -0.15) is 0 Å². The van der Waals surface area contributed by atoms with Crippen molar-refractivity contribution in [1.82, 2.24) is 4.72 Å². The zero-order valence-electron chi connectivity index (χ0n) is 16.7. The van der Waals surface area contributed by atoms with Crippen LogP contribution in [-0.2, 0) is 10.0 Å². The monoisotopic (exact) mass is 428 g/mol. The Bertz CT molecular complexity index is 1030. The SMILES string of the molecule is Cc1ccsc1C1Nc2ccc(S(=O)(=O)NC3CCCCC3)cc2C2C=CCC21. The van der Waals surface area contributed by atoms with Gasteiger partial charge in [0.25, 0.3) is 0 Å². The van der Waals surface area contributed by atoms with Crippen LogP contribution < -0.4 is 10.0 Å². The van der Waals surface area contributed by atoms with E-state index < -0.39 is 10.0 Å². The van der Waals surface area contributed by atoms with Crippen molar-refractivity contribution in [2.24, 2.45) is 5.92 Å². The van der Waals surface area contributed by atoms with E-state index in [1.54, 1.807) is 6.07 Å². The largest absolute Gasteiger partial charge is 0.377 e. The number of benzene rings is 1. The molecule has 29 heavy (non-hydrogen) atoms. The highest BCUT2D eigenvalue weighted by molar-refractivity contribution is 7.89. The van der Waals surface area contributed by atoms with Crippen LogP contribution >= 0.6 is 11.3 Å². The van der Waals surface area contributed by atoms with E-state index >= 15 is 0 Å². The minimum absolute atomic E-state index is 0.0771. The second kappa shape index (κ2) is 7.56. The Hall–Kier alpha value is -1.63. The van der Waals surface area contributed by atoms with Crippen LogP contribution in [0.15, 0.2) is 46.7 Å². The summed E-state index contributed by atoms with van der Waals surface area (Å²) in [7, 11) is -3.49. The topological polar surface area (TPSA) is 58.2 Å². The Morgan fingerprint density at radius 1 is 1.14 bits per heavy atom. The summed E-state index contributed by atoms with van der Waals surface area (Å²) in [4.78, 5) is 1.79. The second-order valence-electron chi connectivity index (χ2n) is 8.65. The van der Waals surface area contributed by atoms with Crippen molar-refractivity contribution in [3.05, 3.63) is 57.8 Å². The molecule has 2 N–H and O–H groups in total. The van der Waals surface area contributed by atoms with Crippen molar-refractivity contribution in [2.75, 3.05) is 5.32 Å². The lowest BCUT2D eigenvalue weighted by molar-refractivity contribution is 0.412. The van der Waals surface area contributed by atoms with Crippen molar-refractivity contribution in [1.29, 1.82) is 0 Å². The first kappa shape index (κ1) is 19.3. The van der Waals surface area contributed by atoms with Crippen LogP contribution in [0.5, 0.6) is 0 Å². The molecular weight excluding hydrogens is 400 g/mol. The maximum absolute atomic E-state index is 13.0. The number of fused-ring (bicyclic) bond motifs is 3. The number of nitrogens with one attached hydrogen (secondary N) is 2. The maximum Gasteiger partial charge on any atom is 0.240 e. The molecular formula is C23H28N2O2S2. The van der Waals surface area contributed by atoms with E-state index in [0.717, 1.165) is 43.4 Å². The number of hydrogen-bond acceptors (Lipinski definition) is 4. The number of sulfonamides is 1. The van der Waals surface area contributed by atoms with E-state index in [1.165, 1.54) is 16.9 Å². The normalized spacial score (nSPS) is 26.7. The van der Waals surface area contributed by atoms with Crippen molar-refractivity contribution >= 4 is 27.0 Å². The standard InChI is InChI=1S/C23H28N2O2S2/c1-15-12-13-28-23(15)22-19-9-5-8-18(19)20-14-17(10-11-21(20)24-22)29(26,27)25-16-6-3-2-4-7-16/h5,8,10-14,16,18-19,22,24-25H,2-4,6-7,9H2,1H3. The molecule has 3 aliphatic rings. The fraction of sp³-hybridized carbons (Fsp3) is 0.478. The summed E-state index contributed by atoms with van der Waals surface area (Å²) in [6.45, 7) is 2.17. The highest BCUT2D eigenvalue weighted by Gasteiger charge is 2.39. The molecule has 1 aromatic carbocycles. The first-order chi connectivity index (χ1) is 14.0. The van der Waals surface area contributed by atoms with Crippen molar-refractivity contribution in [3.63, 3.8) is 0 Å². The predicted octanol–water partition coefficient (Wildman–Crippen LogP) is 5.49. The molecule has 154 valence electrons. The summed E-state index contributed by atoms with van der Waals surface area (Å²) in [5, 5.41) is 5.89. The van der Waals surface area contributed by atoms with Gasteiger partial charge in [-0.1, -0.05) is 31.4 Å². The van der Waals surface area contributed by atoms with E-state index in [-0.39, 0.29) is 18.0 Å². The lowest BCUT2D eigenvalue weighted by atomic mass is 9.78. The van der Waals surface area contributed by atoms with Gasteiger partial charge in [0.2, 0.25) is 10.0 Å². The van der Waals surface area contributed by atoms with Gasteiger partial charge in [-0.05, 0) is 72.9 Å². The van der Waals surface area contributed by atoms with Gasteiger partial charge in [-0.25, -0.2) is 13.1 Å². The van der Waals surface area contributed by atoms with Crippen LogP contribution in [0.1, 0.15) is 66.5 Å². The number of aryl methyl sites for hydroxylation is 1. The fourth-order valence-electron chi connectivity index (χ4n) is 5.21. The summed E-state index contributed by atoms with van der Waals surface area (Å²) in [5.41, 5.74) is 3.51. The number of hydrogen-bond donors (Lipinski definition) is 2. The van der Waals surface area contributed by atoms with Crippen LogP contribution in [-0.4, -0.2) is 14.5 Å². The zero-order chi connectivity index (χ0) is 20.0. The van der Waals surface area contributed by atoms with Gasteiger partial charge in [0.05, 0.1) is 10.9 Å². The van der Waals surface area contributed by atoms with Gasteiger partial charge in [0.15, 0.2) is 0 Å². The molecule has 1 fully saturated rings. The first-order valence-corrected chi connectivity index (χ1v) is 13.0. The molecule has 1 saturated carbocycles. The molecule has 5 rings (SSSR count). The molecule has 0 spiro atoms. The number of thiophene rings is 1. The highest BCUT2D eigenvalue weighted by Crippen LogP contribution is 2.51. The Labute approximate surface area is 177 Å². The van der Waals surface area contributed by atoms with E-state index in [1.807, 2.05) is 23.5 Å². The van der Waals surface area contributed by atoms with Crippen LogP contribution in [0.2, 0.25) is 0 Å². The molecule has 3 atom stereocenters. The van der Waals surface area contributed by atoms with Gasteiger partial charge in [0.1, 0.15) is 0 Å². The molecule has 0 amide bonds. The highest BCUT2D eigenvalue weighted by atomic mass is 32.2. The molecule has 2 aromatic rings. The summed E-state index contributed by atoms with van der Waals surface area (Å²) in [6.07, 6.45) is 10.9. The van der Waals surface area contributed by atoms with E-state index in [0.29, 0.717) is 10.8 Å². The predicted molar refractivity (Wildman–Crippen MR) is 119 cm³/mol. The van der Waals surface area contributed by atoms with Crippen molar-refractivity contribution in [2.45, 2.75) is 68.3 Å². The van der Waals surface area contributed by atoms with Crippen molar-refractivity contribution < 1.29 is 8.42 Å². The number of rotatable bonds is 4. The molecule has 2 heterocycles. The summed E-state index contributed by atoms with van der Waals surface area (Å²) in [5.74, 6) is 0.701. The van der Waals surface area contributed by atoms with E-state index in [9.17, 15) is 8.42 Å². The van der Waals surface area contributed by atoms with Gasteiger partial charge in [0, 0.05) is 22.5 Å². The van der Waals surface area contributed by atoms with Crippen LogP contribution in [0, 0.1) is 12.8 Å². The van der Waals surface area contributed by atoms with Gasteiger partial charge >= 0.3 is 0 Å². The number of allylic oxidation sites excluding steroid dienone is 2. The third-order valence-corrected chi connectivity index (χ3v) is 9.38. The molecule has 0 bridgehead atoms. The van der Waals surface area contributed by atoms with Crippen LogP contribution in [0.25, 0.3) is 0 Å². The Morgan fingerprint density at radius 2 is 1.97 bits per heavy atom. The molecule has 3 unspecified atom stereocenters. The summed E-state index contributed by atoms with van der Waals surface area (Å²) in [6, 6.07) is 8.16. The van der Waals surface area contributed by atoms with Crippen molar-refractivity contribution in [3.8, 4) is 0 Å². The second-order valence-corrected chi connectivity index (χ2v) is 11.3. The van der Waals surface area contributed by atoms with Gasteiger partial charge < -0.3 is 5.32 Å². The lowest BCUT2D eigenvalue weighted by Crippen LogP contribution is -2.36. The molecule has 0 saturated heterocycles. The maximum atomic E-state index is 13.0. The first-order valence-electron chi connectivity index (χ1n) is 10.7. The van der Waals surface area contributed by atoms with Crippen LogP contribution in [0.4, 0.5) is 5.69 Å². The smallest absolute Gasteiger partial charge is 0.240 e. The molecule has 0 radical (unpaired) electrons. The minimum Gasteiger partial charge on any atom is -0.377 e. The molecule has 1 aromatic heterocycles. The average molecular weight is 429 g/mol. The number of anilines is 1. The Balaban J connectivity index is 1.46. The summed E-state index contributed by atoms with van der Waals surface area (Å²) < 4.78 is 29.0. The Morgan fingerprint density at radius 3 is 2.72 bits per heavy atom. The zero-order valence-corrected chi connectivity index (χ0v) is 18.4. The molecule has 1 aliphatic heterocycles. The van der Waals surface area contributed by atoms with E-state index in [2.05, 4.69) is 40.6 Å². The third-order valence-electron chi connectivity index (χ3n) is 6.76. The minimum atomic E-state index is -3.49. The van der Waals surface area contributed by atoms with Gasteiger partial charge in [-0.3, -0.25) is 0 Å². The average Bonchev–Trinajstić information content (AvgIpc) is 3.37. The molecule has 6 heteroatoms. The Kier molecular flexibility index (Phi) is 5.04. The van der Waals surface area contributed by atoms with Crippen LogP contribution in [0.3, 0.4) is 0 Å². The summed E-state index contributed by atoms with van der Waals surface area (Å²) >= 11 is 1.81. The quantitative estimate of drug-likeness (QED) is 0.633. The van der Waals surface area contributed by atoms with Gasteiger partial charge in [-0.15, -0.1) is 11.3 Å². The van der Waals surface area contributed by atoms with E-state index in [4.69, 9.17) is 0 Å². The lowest BCUT2D eigenvalue weighted by Gasteiger charge is -2.37. The molecule has 2 aliphatic carbocycles. The molecule has 4 nitrogen and oxygen atoms in total.